The van der Waals surface area contributed by atoms with Crippen molar-refractivity contribution in [3.05, 3.63) is 69.7 Å². The molecule has 3 heterocycles. The summed E-state index contributed by atoms with van der Waals surface area (Å²) in [6.45, 7) is -0.325. The van der Waals surface area contributed by atoms with E-state index in [4.69, 9.17) is 16.3 Å². The Morgan fingerprint density at radius 2 is 2.07 bits per heavy atom. The van der Waals surface area contributed by atoms with Crippen LogP contribution in [0.4, 0.5) is 11.4 Å². The zero-order valence-electron chi connectivity index (χ0n) is 14.2. The average molecular weight is 398 g/mol. The van der Waals surface area contributed by atoms with Gasteiger partial charge in [0.1, 0.15) is 23.1 Å². The van der Waals surface area contributed by atoms with Crippen LogP contribution < -0.4 is 20.9 Å². The molecule has 28 heavy (non-hydrogen) atoms. The molecule has 9 nitrogen and oxygen atoms in total. The molecular weight excluding hydrogens is 386 g/mol. The smallest absolute Gasteiger partial charge is 0.267 e. The fourth-order valence-corrected chi connectivity index (χ4v) is 2.76. The van der Waals surface area contributed by atoms with E-state index in [0.29, 0.717) is 17.1 Å². The van der Waals surface area contributed by atoms with E-state index in [-0.39, 0.29) is 23.1 Å². The fourth-order valence-electron chi connectivity index (χ4n) is 2.61. The van der Waals surface area contributed by atoms with Gasteiger partial charge in [0, 0.05) is 18.0 Å². The highest BCUT2D eigenvalue weighted by Gasteiger charge is 2.22. The summed E-state index contributed by atoms with van der Waals surface area (Å²) in [6.07, 6.45) is 1.55. The van der Waals surface area contributed by atoms with Crippen molar-refractivity contribution in [1.29, 1.82) is 0 Å². The van der Waals surface area contributed by atoms with Gasteiger partial charge in [0.2, 0.25) is 11.8 Å². The van der Waals surface area contributed by atoms with E-state index in [1.165, 1.54) is 18.2 Å². The zero-order chi connectivity index (χ0) is 19.7. The lowest BCUT2D eigenvalue weighted by Crippen LogP contribution is -2.29. The van der Waals surface area contributed by atoms with Crippen LogP contribution in [0.15, 0.2) is 53.5 Å². The van der Waals surface area contributed by atoms with Crippen molar-refractivity contribution in [2.24, 2.45) is 0 Å². The highest BCUT2D eigenvalue weighted by molar-refractivity contribution is 6.29. The summed E-state index contributed by atoms with van der Waals surface area (Å²) in [6, 6.07) is 10.5. The Morgan fingerprint density at radius 3 is 2.93 bits per heavy atom. The number of anilines is 2. The van der Waals surface area contributed by atoms with E-state index in [2.05, 4.69) is 20.7 Å². The Labute approximate surface area is 162 Å². The summed E-state index contributed by atoms with van der Waals surface area (Å²) in [4.78, 5) is 40.5. The third-order valence-electron chi connectivity index (χ3n) is 3.86. The summed E-state index contributed by atoms with van der Waals surface area (Å²) < 4.78 is 6.62. The fraction of sp³-hybridized carbons (Fsp3) is 0.0556. The minimum atomic E-state index is -0.503. The molecule has 0 bridgehead atoms. The first-order valence-corrected chi connectivity index (χ1v) is 8.49. The summed E-state index contributed by atoms with van der Waals surface area (Å²) >= 11 is 5.74. The molecule has 2 amide bonds. The van der Waals surface area contributed by atoms with Gasteiger partial charge < -0.3 is 15.4 Å². The number of hydrogen-bond acceptors (Lipinski definition) is 6. The molecule has 0 saturated heterocycles. The third kappa shape index (κ3) is 3.55. The molecule has 4 rings (SSSR count). The molecule has 1 aromatic carbocycles. The number of halogens is 1. The maximum Gasteiger partial charge on any atom is 0.267 e. The SMILES string of the molecule is O=C(Cn1nc(Cl)ccc1=O)Nc1ccc2c(c1)C(=O)Nc1cccnc1O2. The molecule has 2 N–H and O–H groups in total. The molecule has 3 aromatic rings. The largest absolute Gasteiger partial charge is 0.436 e. The first-order valence-electron chi connectivity index (χ1n) is 8.11. The number of benzene rings is 1. The number of pyridine rings is 1. The van der Waals surface area contributed by atoms with Gasteiger partial charge >= 0.3 is 0 Å². The van der Waals surface area contributed by atoms with Crippen LogP contribution in [-0.2, 0) is 11.3 Å². The Balaban J connectivity index is 1.55. The molecule has 0 spiro atoms. The zero-order valence-corrected chi connectivity index (χ0v) is 14.9. The first-order chi connectivity index (χ1) is 13.5. The van der Waals surface area contributed by atoms with Gasteiger partial charge in [-0.3, -0.25) is 14.4 Å². The van der Waals surface area contributed by atoms with Crippen molar-refractivity contribution in [2.45, 2.75) is 6.54 Å². The van der Waals surface area contributed by atoms with E-state index in [9.17, 15) is 14.4 Å². The van der Waals surface area contributed by atoms with Gasteiger partial charge in [0.25, 0.3) is 11.5 Å². The minimum absolute atomic E-state index is 0.0967. The van der Waals surface area contributed by atoms with Crippen molar-refractivity contribution in [2.75, 3.05) is 10.6 Å². The van der Waals surface area contributed by atoms with Crippen LogP contribution in [0.5, 0.6) is 11.6 Å². The van der Waals surface area contributed by atoms with Gasteiger partial charge in [0.05, 0.1) is 5.56 Å². The van der Waals surface area contributed by atoms with E-state index < -0.39 is 17.4 Å². The van der Waals surface area contributed by atoms with Crippen LogP contribution in [0.25, 0.3) is 0 Å². The van der Waals surface area contributed by atoms with Crippen molar-refractivity contribution in [3.8, 4) is 11.6 Å². The van der Waals surface area contributed by atoms with Gasteiger partial charge in [-0.1, -0.05) is 11.6 Å². The number of aromatic nitrogens is 3. The van der Waals surface area contributed by atoms with Gasteiger partial charge in [-0.15, -0.1) is 0 Å². The summed E-state index contributed by atoms with van der Waals surface area (Å²) in [5.74, 6) is -0.319. The maximum absolute atomic E-state index is 12.5. The van der Waals surface area contributed by atoms with E-state index in [1.54, 1.807) is 30.5 Å². The number of carbonyl (C=O) groups excluding carboxylic acids is 2. The predicted octanol–water partition coefficient (Wildman–Crippen LogP) is 2.29. The summed E-state index contributed by atoms with van der Waals surface area (Å²) in [7, 11) is 0. The molecule has 0 atom stereocenters. The average Bonchev–Trinajstić information content (AvgIpc) is 2.80. The van der Waals surface area contributed by atoms with E-state index in [0.717, 1.165) is 4.68 Å². The molecule has 0 fully saturated rings. The molecule has 2 aromatic heterocycles. The van der Waals surface area contributed by atoms with Crippen LogP contribution >= 0.6 is 11.6 Å². The van der Waals surface area contributed by atoms with Crippen LogP contribution in [-0.4, -0.2) is 26.6 Å². The molecule has 140 valence electrons. The molecule has 1 aliphatic rings. The predicted molar refractivity (Wildman–Crippen MR) is 101 cm³/mol. The molecule has 0 aliphatic carbocycles. The summed E-state index contributed by atoms with van der Waals surface area (Å²) in [5, 5.41) is 9.21. The van der Waals surface area contributed by atoms with Crippen LogP contribution in [0.2, 0.25) is 5.15 Å². The number of nitrogens with zero attached hydrogens (tertiary/aromatic N) is 3. The maximum atomic E-state index is 12.5. The molecular formula is C18H12ClN5O4. The third-order valence-corrected chi connectivity index (χ3v) is 4.06. The number of fused-ring (bicyclic) bond motifs is 2. The lowest BCUT2D eigenvalue weighted by atomic mass is 10.1. The van der Waals surface area contributed by atoms with Crippen LogP contribution in [0.3, 0.4) is 0 Å². The molecule has 0 saturated carbocycles. The van der Waals surface area contributed by atoms with Gasteiger partial charge in [-0.25, -0.2) is 9.67 Å². The second-order valence-electron chi connectivity index (χ2n) is 5.82. The highest BCUT2D eigenvalue weighted by atomic mass is 35.5. The monoisotopic (exact) mass is 397 g/mol. The Hall–Kier alpha value is -3.72. The van der Waals surface area contributed by atoms with Gasteiger partial charge in [0.15, 0.2) is 0 Å². The second kappa shape index (κ2) is 7.12. The number of carbonyl (C=O) groups is 2. The van der Waals surface area contributed by atoms with Crippen LogP contribution in [0, 0.1) is 0 Å². The number of ether oxygens (including phenoxy) is 1. The van der Waals surface area contributed by atoms with Crippen molar-refractivity contribution in [1.82, 2.24) is 14.8 Å². The number of nitrogens with one attached hydrogen (secondary N) is 2. The standard InChI is InChI=1S/C18H12ClN5O4/c19-14-5-6-16(26)24(23-14)9-15(25)21-10-3-4-13-11(8-10)17(27)22-12-2-1-7-20-18(12)28-13/h1-8H,9H2,(H,21,25)(H,22,27). The van der Waals surface area contributed by atoms with Crippen molar-refractivity contribution >= 4 is 34.8 Å². The molecule has 0 radical (unpaired) electrons. The lowest BCUT2D eigenvalue weighted by Gasteiger charge is -2.10. The van der Waals surface area contributed by atoms with E-state index >= 15 is 0 Å². The van der Waals surface area contributed by atoms with Gasteiger partial charge in [-0.2, -0.15) is 5.10 Å². The number of amides is 2. The topological polar surface area (TPSA) is 115 Å². The van der Waals surface area contributed by atoms with E-state index in [1.807, 2.05) is 0 Å². The second-order valence-corrected chi connectivity index (χ2v) is 6.21. The number of rotatable bonds is 3. The quantitative estimate of drug-likeness (QED) is 0.700. The molecule has 10 heteroatoms. The molecule has 1 aliphatic heterocycles. The Bertz CT molecular complexity index is 1160. The first kappa shape index (κ1) is 17.7. The van der Waals surface area contributed by atoms with Gasteiger partial charge in [-0.05, 0) is 36.4 Å². The number of hydrogen-bond donors (Lipinski definition) is 2. The van der Waals surface area contributed by atoms with Crippen molar-refractivity contribution in [3.63, 3.8) is 0 Å². The summed E-state index contributed by atoms with van der Waals surface area (Å²) in [5.41, 5.74) is 0.575. The minimum Gasteiger partial charge on any atom is -0.436 e. The Kier molecular flexibility index (Phi) is 4.50. The van der Waals surface area contributed by atoms with Crippen molar-refractivity contribution < 1.29 is 14.3 Å². The lowest BCUT2D eigenvalue weighted by molar-refractivity contribution is -0.117. The normalized spacial score (nSPS) is 12.1. The highest BCUT2D eigenvalue weighted by Crippen LogP contribution is 2.34. The Morgan fingerprint density at radius 1 is 1.21 bits per heavy atom. The van der Waals surface area contributed by atoms with Crippen LogP contribution in [0.1, 0.15) is 10.4 Å². The molecule has 0 unspecified atom stereocenters.